The number of aromatic nitrogens is 1. The summed E-state index contributed by atoms with van der Waals surface area (Å²) in [6.07, 6.45) is -0.143. The Morgan fingerprint density at radius 2 is 2.14 bits per heavy atom. The highest BCUT2D eigenvalue weighted by atomic mass is 35.5. The van der Waals surface area contributed by atoms with Gasteiger partial charge in [-0.15, -0.1) is 11.3 Å². The number of anilines is 1. The first kappa shape index (κ1) is 15.5. The lowest BCUT2D eigenvalue weighted by atomic mass is 10.1. The van der Waals surface area contributed by atoms with Crippen molar-refractivity contribution < 1.29 is 14.7 Å². The number of carboxylic acid groups (broad SMARTS) is 1. The summed E-state index contributed by atoms with van der Waals surface area (Å²) < 4.78 is 0. The number of hydrogen-bond acceptors (Lipinski definition) is 4. The van der Waals surface area contributed by atoms with Gasteiger partial charge >= 0.3 is 5.97 Å². The van der Waals surface area contributed by atoms with Crippen LogP contribution < -0.4 is 5.32 Å². The van der Waals surface area contributed by atoms with Crippen LogP contribution in [0.2, 0.25) is 5.02 Å². The molecule has 0 fully saturated rings. The second kappa shape index (κ2) is 6.69. The van der Waals surface area contributed by atoms with Gasteiger partial charge in [0.15, 0.2) is 0 Å². The molecule has 0 saturated heterocycles. The molecule has 2 rings (SSSR count). The predicted molar refractivity (Wildman–Crippen MR) is 82.0 cm³/mol. The number of nitrogens with zero attached hydrogens (tertiary/aromatic N) is 1. The number of carbonyl (C=O) groups is 2. The molecular weight excluding hydrogens is 312 g/mol. The molecule has 0 saturated carbocycles. The van der Waals surface area contributed by atoms with Gasteiger partial charge in [0, 0.05) is 5.38 Å². The molecule has 2 aromatic rings. The number of rotatable bonds is 5. The molecule has 0 aliphatic rings. The summed E-state index contributed by atoms with van der Waals surface area (Å²) in [6.45, 7) is 1.72. The average molecular weight is 325 g/mol. The number of aliphatic carboxylic acids is 1. The fourth-order valence-electron chi connectivity index (χ4n) is 1.67. The van der Waals surface area contributed by atoms with Gasteiger partial charge in [-0.05, 0) is 19.1 Å². The second-order valence-electron chi connectivity index (χ2n) is 4.44. The second-order valence-corrected chi connectivity index (χ2v) is 5.74. The SMILES string of the molecule is C[C@@H](C(=O)Nc1ccccc1Cl)c1nc(CC(=O)O)cs1. The third-order valence-electron chi connectivity index (χ3n) is 2.80. The monoisotopic (exact) mass is 324 g/mol. The Labute approximate surface area is 130 Å². The summed E-state index contributed by atoms with van der Waals surface area (Å²) in [5.74, 6) is -1.66. The van der Waals surface area contributed by atoms with Crippen LogP contribution in [0.15, 0.2) is 29.6 Å². The van der Waals surface area contributed by atoms with Crippen molar-refractivity contribution in [2.24, 2.45) is 0 Å². The van der Waals surface area contributed by atoms with E-state index in [4.69, 9.17) is 16.7 Å². The fraction of sp³-hybridized carbons (Fsp3) is 0.214. The Morgan fingerprint density at radius 3 is 2.81 bits per heavy atom. The zero-order valence-corrected chi connectivity index (χ0v) is 12.7. The van der Waals surface area contributed by atoms with E-state index in [1.807, 2.05) is 0 Å². The Balaban J connectivity index is 2.07. The van der Waals surface area contributed by atoms with Gasteiger partial charge in [-0.3, -0.25) is 9.59 Å². The van der Waals surface area contributed by atoms with Crippen molar-refractivity contribution in [2.75, 3.05) is 5.32 Å². The third-order valence-corrected chi connectivity index (χ3v) is 4.20. The van der Waals surface area contributed by atoms with Crippen LogP contribution in [0, 0.1) is 0 Å². The molecule has 1 amide bonds. The van der Waals surface area contributed by atoms with Crippen LogP contribution >= 0.6 is 22.9 Å². The van der Waals surface area contributed by atoms with E-state index in [9.17, 15) is 9.59 Å². The van der Waals surface area contributed by atoms with Crippen molar-refractivity contribution in [3.63, 3.8) is 0 Å². The summed E-state index contributed by atoms with van der Waals surface area (Å²) in [4.78, 5) is 27.0. The smallest absolute Gasteiger partial charge is 0.309 e. The van der Waals surface area contributed by atoms with Crippen LogP contribution in [-0.2, 0) is 16.0 Å². The van der Waals surface area contributed by atoms with Crippen LogP contribution in [0.4, 0.5) is 5.69 Å². The minimum absolute atomic E-state index is 0.143. The Hall–Kier alpha value is -1.92. The lowest BCUT2D eigenvalue weighted by Crippen LogP contribution is -2.19. The molecule has 0 radical (unpaired) electrons. The van der Waals surface area contributed by atoms with Crippen LogP contribution in [0.25, 0.3) is 0 Å². The van der Waals surface area contributed by atoms with Crippen LogP contribution in [0.1, 0.15) is 23.5 Å². The number of thiazole rings is 1. The first-order valence-corrected chi connectivity index (χ1v) is 7.44. The highest BCUT2D eigenvalue weighted by Crippen LogP contribution is 2.25. The normalized spacial score (nSPS) is 11.9. The summed E-state index contributed by atoms with van der Waals surface area (Å²) in [5.41, 5.74) is 0.998. The van der Waals surface area contributed by atoms with Crippen molar-refractivity contribution in [3.8, 4) is 0 Å². The van der Waals surface area contributed by atoms with Gasteiger partial charge < -0.3 is 10.4 Å². The van der Waals surface area contributed by atoms with Gasteiger partial charge in [0.1, 0.15) is 5.01 Å². The maximum atomic E-state index is 12.2. The van der Waals surface area contributed by atoms with Crippen LogP contribution in [0.3, 0.4) is 0 Å². The maximum absolute atomic E-state index is 12.2. The number of carbonyl (C=O) groups excluding carboxylic acids is 1. The minimum Gasteiger partial charge on any atom is -0.481 e. The molecule has 7 heteroatoms. The highest BCUT2D eigenvalue weighted by molar-refractivity contribution is 7.09. The van der Waals surface area contributed by atoms with Crippen molar-refractivity contribution in [1.29, 1.82) is 0 Å². The molecule has 21 heavy (non-hydrogen) atoms. The molecule has 110 valence electrons. The average Bonchev–Trinajstić information content (AvgIpc) is 2.88. The standard InChI is InChI=1S/C14H13ClN2O3S/c1-8(14-16-9(7-21-14)6-12(18)19)13(20)17-11-5-3-2-4-10(11)15/h2-5,7-8H,6H2,1H3,(H,17,20)(H,18,19)/t8-/m0/s1. The molecule has 5 nitrogen and oxygen atoms in total. The predicted octanol–water partition coefficient (Wildman–Crippen LogP) is 3.17. The number of carboxylic acids is 1. The molecule has 0 unspecified atom stereocenters. The molecular formula is C14H13ClN2O3S. The molecule has 0 aliphatic heterocycles. The van der Waals surface area contributed by atoms with Gasteiger partial charge in [0.2, 0.25) is 5.91 Å². The Morgan fingerprint density at radius 1 is 1.43 bits per heavy atom. The Kier molecular flexibility index (Phi) is 4.93. The van der Waals surface area contributed by atoms with Gasteiger partial charge in [-0.2, -0.15) is 0 Å². The number of hydrogen-bond donors (Lipinski definition) is 2. The molecule has 0 aliphatic carbocycles. The Bertz CT molecular complexity index is 672. The zero-order valence-electron chi connectivity index (χ0n) is 11.2. The van der Waals surface area contributed by atoms with Gasteiger partial charge in [-0.1, -0.05) is 23.7 Å². The van der Waals surface area contributed by atoms with Crippen molar-refractivity contribution in [2.45, 2.75) is 19.3 Å². The van der Waals surface area contributed by atoms with E-state index in [1.165, 1.54) is 11.3 Å². The topological polar surface area (TPSA) is 79.3 Å². The quantitative estimate of drug-likeness (QED) is 0.885. The number of para-hydroxylation sites is 1. The minimum atomic E-state index is -0.944. The summed E-state index contributed by atoms with van der Waals surface area (Å²) in [7, 11) is 0. The lowest BCUT2D eigenvalue weighted by Gasteiger charge is -2.10. The summed E-state index contributed by atoms with van der Waals surface area (Å²) in [6, 6.07) is 6.96. The van der Waals surface area contributed by atoms with Crippen LogP contribution in [0.5, 0.6) is 0 Å². The molecule has 1 aromatic heterocycles. The van der Waals surface area contributed by atoms with E-state index in [2.05, 4.69) is 10.3 Å². The third kappa shape index (κ3) is 4.03. The number of nitrogens with one attached hydrogen (secondary N) is 1. The first-order valence-electron chi connectivity index (χ1n) is 6.19. The highest BCUT2D eigenvalue weighted by Gasteiger charge is 2.20. The maximum Gasteiger partial charge on any atom is 0.309 e. The van der Waals surface area contributed by atoms with E-state index in [0.29, 0.717) is 21.4 Å². The first-order chi connectivity index (χ1) is 9.97. The van der Waals surface area contributed by atoms with E-state index >= 15 is 0 Å². The summed E-state index contributed by atoms with van der Waals surface area (Å²) >= 11 is 7.26. The molecule has 0 spiro atoms. The van der Waals surface area contributed by atoms with Crippen molar-refractivity contribution >= 4 is 40.5 Å². The van der Waals surface area contributed by atoms with Gasteiger partial charge in [0.05, 0.1) is 28.7 Å². The molecule has 1 atom stereocenters. The van der Waals surface area contributed by atoms with Gasteiger partial charge in [-0.25, -0.2) is 4.98 Å². The summed E-state index contributed by atoms with van der Waals surface area (Å²) in [5, 5.41) is 14.2. The van der Waals surface area contributed by atoms with E-state index in [0.717, 1.165) is 0 Å². The van der Waals surface area contributed by atoms with Crippen LogP contribution in [-0.4, -0.2) is 22.0 Å². The van der Waals surface area contributed by atoms with E-state index < -0.39 is 11.9 Å². The van der Waals surface area contributed by atoms with Crippen molar-refractivity contribution in [1.82, 2.24) is 4.98 Å². The van der Waals surface area contributed by atoms with E-state index in [1.54, 1.807) is 36.6 Å². The van der Waals surface area contributed by atoms with Crippen molar-refractivity contribution in [3.05, 3.63) is 45.4 Å². The molecule has 1 aromatic carbocycles. The lowest BCUT2D eigenvalue weighted by molar-refractivity contribution is -0.136. The number of benzene rings is 1. The largest absolute Gasteiger partial charge is 0.481 e. The van der Waals surface area contributed by atoms with E-state index in [-0.39, 0.29) is 12.3 Å². The molecule has 2 N–H and O–H groups in total. The van der Waals surface area contributed by atoms with Gasteiger partial charge in [0.25, 0.3) is 0 Å². The zero-order chi connectivity index (χ0) is 15.4. The number of amides is 1. The molecule has 0 bridgehead atoms. The number of halogens is 1. The fourth-order valence-corrected chi connectivity index (χ4v) is 2.73. The molecule has 1 heterocycles.